The Morgan fingerprint density at radius 1 is 1.53 bits per heavy atom. The Morgan fingerprint density at radius 2 is 2.20 bits per heavy atom. The summed E-state index contributed by atoms with van der Waals surface area (Å²) in [5.74, 6) is 0. The van der Waals surface area contributed by atoms with Crippen molar-refractivity contribution in [2.75, 3.05) is 6.54 Å². The molecule has 0 aliphatic carbocycles. The number of aliphatic hydroxyl groups is 1. The van der Waals surface area contributed by atoms with Crippen LogP contribution in [0, 0.1) is 0 Å². The van der Waals surface area contributed by atoms with E-state index in [4.69, 9.17) is 5.11 Å². The molecular formula is C11H20N2OS. The number of rotatable bonds is 4. The van der Waals surface area contributed by atoms with Crippen LogP contribution in [0.5, 0.6) is 0 Å². The second-order valence-corrected chi connectivity index (χ2v) is 5.73. The first kappa shape index (κ1) is 12.6. The van der Waals surface area contributed by atoms with Crippen molar-refractivity contribution in [1.29, 1.82) is 0 Å². The monoisotopic (exact) mass is 228 g/mol. The van der Waals surface area contributed by atoms with Gasteiger partial charge in [0, 0.05) is 23.9 Å². The first-order valence-electron chi connectivity index (χ1n) is 5.23. The molecule has 15 heavy (non-hydrogen) atoms. The van der Waals surface area contributed by atoms with E-state index in [0.717, 1.165) is 17.2 Å². The Labute approximate surface area is 95.6 Å². The fourth-order valence-electron chi connectivity index (χ4n) is 1.14. The van der Waals surface area contributed by atoms with Crippen LogP contribution in [0.1, 0.15) is 38.4 Å². The molecule has 4 heteroatoms. The molecule has 1 aromatic heterocycles. The fraction of sp³-hybridized carbons (Fsp3) is 0.727. The van der Waals surface area contributed by atoms with Crippen LogP contribution in [0.15, 0.2) is 5.38 Å². The molecule has 1 aromatic rings. The molecule has 0 fully saturated rings. The zero-order valence-corrected chi connectivity index (χ0v) is 10.7. The quantitative estimate of drug-likeness (QED) is 0.827. The summed E-state index contributed by atoms with van der Waals surface area (Å²) >= 11 is 1.70. The Bertz CT molecular complexity index is 302. The van der Waals surface area contributed by atoms with Crippen LogP contribution in [-0.2, 0) is 12.0 Å². The first-order chi connectivity index (χ1) is 6.89. The molecule has 0 amide bonds. The van der Waals surface area contributed by atoms with E-state index in [1.165, 1.54) is 0 Å². The van der Waals surface area contributed by atoms with Crippen LogP contribution in [0.25, 0.3) is 0 Å². The molecule has 1 rings (SSSR count). The second-order valence-electron chi connectivity index (χ2n) is 4.87. The maximum atomic E-state index is 9.08. The highest BCUT2D eigenvalue weighted by atomic mass is 32.1. The molecule has 0 saturated carbocycles. The lowest BCUT2D eigenvalue weighted by atomic mass is 9.98. The summed E-state index contributed by atoms with van der Waals surface area (Å²) in [5, 5.41) is 15.5. The van der Waals surface area contributed by atoms with Crippen LogP contribution >= 0.6 is 11.3 Å². The zero-order chi connectivity index (χ0) is 11.5. The van der Waals surface area contributed by atoms with Crippen molar-refractivity contribution in [2.45, 2.75) is 45.8 Å². The number of aromatic nitrogens is 1. The van der Waals surface area contributed by atoms with Crippen LogP contribution in [0.3, 0.4) is 0 Å². The summed E-state index contributed by atoms with van der Waals surface area (Å²) in [6, 6.07) is 0. The number of thiazole rings is 1. The molecule has 0 bridgehead atoms. The molecule has 0 aliphatic heterocycles. The first-order valence-corrected chi connectivity index (χ1v) is 6.11. The van der Waals surface area contributed by atoms with Gasteiger partial charge in [-0.15, -0.1) is 11.3 Å². The minimum atomic E-state index is -0.300. The topological polar surface area (TPSA) is 45.1 Å². The zero-order valence-electron chi connectivity index (χ0n) is 9.87. The summed E-state index contributed by atoms with van der Waals surface area (Å²) in [5.41, 5.74) is 1.19. The fourth-order valence-corrected chi connectivity index (χ4v) is 2.05. The molecule has 86 valence electrons. The summed E-state index contributed by atoms with van der Waals surface area (Å²) < 4.78 is 0. The highest BCUT2D eigenvalue weighted by Crippen LogP contribution is 2.25. The van der Waals surface area contributed by atoms with E-state index in [9.17, 15) is 0 Å². The largest absolute Gasteiger partial charge is 0.392 e. The van der Waals surface area contributed by atoms with Crippen molar-refractivity contribution in [3.05, 3.63) is 16.1 Å². The van der Waals surface area contributed by atoms with Gasteiger partial charge in [-0.25, -0.2) is 4.98 Å². The molecule has 2 N–H and O–H groups in total. The van der Waals surface area contributed by atoms with E-state index < -0.39 is 0 Å². The van der Waals surface area contributed by atoms with Gasteiger partial charge in [-0.1, -0.05) is 20.8 Å². The molecule has 0 spiro atoms. The molecule has 0 radical (unpaired) electrons. The Balaban J connectivity index is 2.47. The minimum Gasteiger partial charge on any atom is -0.392 e. The highest BCUT2D eigenvalue weighted by molar-refractivity contribution is 7.09. The van der Waals surface area contributed by atoms with Gasteiger partial charge in [0.2, 0.25) is 0 Å². The molecule has 0 aromatic carbocycles. The number of aliphatic hydroxyl groups excluding tert-OH is 1. The van der Waals surface area contributed by atoms with Gasteiger partial charge >= 0.3 is 0 Å². The lowest BCUT2D eigenvalue weighted by Gasteiger charge is -2.13. The van der Waals surface area contributed by atoms with Gasteiger partial charge in [0.1, 0.15) is 0 Å². The predicted octanol–water partition coefficient (Wildman–Crippen LogP) is 1.91. The van der Waals surface area contributed by atoms with Crippen LogP contribution < -0.4 is 5.32 Å². The minimum absolute atomic E-state index is 0.132. The van der Waals surface area contributed by atoms with E-state index in [-0.39, 0.29) is 11.5 Å². The molecule has 0 saturated heterocycles. The summed E-state index contributed by atoms with van der Waals surface area (Å²) in [6.07, 6.45) is -0.300. The van der Waals surface area contributed by atoms with Crippen molar-refractivity contribution in [3.63, 3.8) is 0 Å². The Hall–Kier alpha value is -0.450. The van der Waals surface area contributed by atoms with Crippen molar-refractivity contribution in [1.82, 2.24) is 10.3 Å². The highest BCUT2D eigenvalue weighted by Gasteiger charge is 2.17. The van der Waals surface area contributed by atoms with E-state index in [1.807, 2.05) is 0 Å². The molecule has 3 nitrogen and oxygen atoms in total. The third-order valence-electron chi connectivity index (χ3n) is 1.94. The lowest BCUT2D eigenvalue weighted by molar-refractivity contribution is 0.191. The van der Waals surface area contributed by atoms with Gasteiger partial charge < -0.3 is 10.4 Å². The van der Waals surface area contributed by atoms with E-state index in [2.05, 4.69) is 36.5 Å². The third kappa shape index (κ3) is 4.28. The molecule has 1 heterocycles. The Morgan fingerprint density at radius 3 is 2.67 bits per heavy atom. The summed E-state index contributed by atoms with van der Waals surface area (Å²) in [6.45, 7) is 9.62. The normalized spacial score (nSPS) is 14.2. The van der Waals surface area contributed by atoms with Crippen molar-refractivity contribution in [2.24, 2.45) is 0 Å². The molecule has 1 atom stereocenters. The van der Waals surface area contributed by atoms with E-state index >= 15 is 0 Å². The van der Waals surface area contributed by atoms with Crippen molar-refractivity contribution < 1.29 is 5.11 Å². The summed E-state index contributed by atoms with van der Waals surface area (Å²) in [7, 11) is 0. The SMILES string of the molecule is C[C@H](O)CNCc1csc(C(C)(C)C)n1. The van der Waals surface area contributed by atoms with Crippen LogP contribution in [0.2, 0.25) is 0 Å². The average molecular weight is 228 g/mol. The Kier molecular flexibility index (Phi) is 4.25. The van der Waals surface area contributed by atoms with Gasteiger partial charge in [0.25, 0.3) is 0 Å². The van der Waals surface area contributed by atoms with Crippen LogP contribution in [-0.4, -0.2) is 22.7 Å². The lowest BCUT2D eigenvalue weighted by Crippen LogP contribution is -2.24. The maximum absolute atomic E-state index is 9.08. The van der Waals surface area contributed by atoms with Crippen molar-refractivity contribution >= 4 is 11.3 Å². The van der Waals surface area contributed by atoms with Crippen molar-refractivity contribution in [3.8, 4) is 0 Å². The number of nitrogens with zero attached hydrogens (tertiary/aromatic N) is 1. The number of hydrogen-bond donors (Lipinski definition) is 2. The van der Waals surface area contributed by atoms with Gasteiger partial charge in [-0.05, 0) is 6.92 Å². The standard InChI is InChI=1S/C11H20N2OS/c1-8(14)5-12-6-9-7-15-10(13-9)11(2,3)4/h7-8,12,14H,5-6H2,1-4H3/t8-/m0/s1. The maximum Gasteiger partial charge on any atom is 0.0982 e. The van der Waals surface area contributed by atoms with E-state index in [0.29, 0.717) is 6.54 Å². The van der Waals surface area contributed by atoms with Gasteiger partial charge in [-0.3, -0.25) is 0 Å². The smallest absolute Gasteiger partial charge is 0.0982 e. The number of nitrogens with one attached hydrogen (secondary N) is 1. The van der Waals surface area contributed by atoms with Gasteiger partial charge in [0.15, 0.2) is 0 Å². The average Bonchev–Trinajstić information content (AvgIpc) is 2.51. The molecule has 0 unspecified atom stereocenters. The van der Waals surface area contributed by atoms with Gasteiger partial charge in [-0.2, -0.15) is 0 Å². The molecule has 0 aliphatic rings. The summed E-state index contributed by atoms with van der Waals surface area (Å²) in [4.78, 5) is 4.55. The third-order valence-corrected chi connectivity index (χ3v) is 3.26. The van der Waals surface area contributed by atoms with E-state index in [1.54, 1.807) is 18.3 Å². The van der Waals surface area contributed by atoms with Gasteiger partial charge in [0.05, 0.1) is 16.8 Å². The molecular weight excluding hydrogens is 208 g/mol. The predicted molar refractivity (Wildman–Crippen MR) is 64.2 cm³/mol. The second kappa shape index (κ2) is 5.05. The van der Waals surface area contributed by atoms with Crippen LogP contribution in [0.4, 0.5) is 0 Å². The number of hydrogen-bond acceptors (Lipinski definition) is 4.